The molecule has 0 saturated carbocycles. The molecule has 2 aliphatic heterocycles. The standard InChI is InChI=1S/C15H17NO2/c17-14-9-12-7-4-8-13(10-14)16(12)15(18)11-5-2-1-3-6-11/h1-3,5-6,12-13H,4,7-10H2/t12-,13+. The van der Waals surface area contributed by atoms with E-state index in [4.69, 9.17) is 0 Å². The Morgan fingerprint density at radius 2 is 1.67 bits per heavy atom. The molecule has 2 bridgehead atoms. The number of rotatable bonds is 1. The van der Waals surface area contributed by atoms with E-state index in [9.17, 15) is 9.59 Å². The van der Waals surface area contributed by atoms with Crippen molar-refractivity contribution in [3.8, 4) is 0 Å². The number of hydrogen-bond donors (Lipinski definition) is 0. The van der Waals surface area contributed by atoms with Crippen molar-refractivity contribution in [2.24, 2.45) is 0 Å². The van der Waals surface area contributed by atoms with Crippen molar-refractivity contribution >= 4 is 11.7 Å². The number of amides is 1. The van der Waals surface area contributed by atoms with Crippen LogP contribution >= 0.6 is 0 Å². The van der Waals surface area contributed by atoms with Crippen LogP contribution in [0.1, 0.15) is 42.5 Å². The average Bonchev–Trinajstić information content (AvgIpc) is 2.38. The molecule has 94 valence electrons. The van der Waals surface area contributed by atoms with Gasteiger partial charge in [0.1, 0.15) is 5.78 Å². The molecule has 0 aliphatic carbocycles. The van der Waals surface area contributed by atoms with Gasteiger partial charge >= 0.3 is 0 Å². The maximum atomic E-state index is 12.5. The lowest BCUT2D eigenvalue weighted by molar-refractivity contribution is -0.125. The van der Waals surface area contributed by atoms with Crippen LogP contribution in [0.4, 0.5) is 0 Å². The molecule has 1 aromatic carbocycles. The Labute approximate surface area is 107 Å². The Bertz CT molecular complexity index is 453. The van der Waals surface area contributed by atoms with Gasteiger partial charge in [-0.3, -0.25) is 9.59 Å². The van der Waals surface area contributed by atoms with Crippen LogP contribution in [0.25, 0.3) is 0 Å². The second-order valence-electron chi connectivity index (χ2n) is 5.26. The highest BCUT2D eigenvalue weighted by atomic mass is 16.2. The number of benzene rings is 1. The molecule has 0 spiro atoms. The van der Waals surface area contributed by atoms with E-state index in [0.29, 0.717) is 18.6 Å². The molecule has 1 aromatic rings. The zero-order valence-corrected chi connectivity index (χ0v) is 10.3. The largest absolute Gasteiger partial charge is 0.332 e. The van der Waals surface area contributed by atoms with Crippen molar-refractivity contribution in [3.63, 3.8) is 0 Å². The summed E-state index contributed by atoms with van der Waals surface area (Å²) in [6.07, 6.45) is 4.19. The number of piperidine rings is 2. The summed E-state index contributed by atoms with van der Waals surface area (Å²) >= 11 is 0. The number of carbonyl (C=O) groups is 2. The predicted molar refractivity (Wildman–Crippen MR) is 68.3 cm³/mol. The average molecular weight is 243 g/mol. The SMILES string of the molecule is O=C1C[C@H]2CCC[C@@H](C1)N2C(=O)c1ccccc1. The first-order valence-electron chi connectivity index (χ1n) is 6.65. The fourth-order valence-electron chi connectivity index (χ4n) is 3.24. The zero-order valence-electron chi connectivity index (χ0n) is 10.3. The molecule has 1 amide bonds. The lowest BCUT2D eigenvalue weighted by Gasteiger charge is -2.45. The molecule has 2 fully saturated rings. The number of fused-ring (bicyclic) bond motifs is 2. The number of ketones is 1. The van der Waals surface area contributed by atoms with Crippen molar-refractivity contribution in [1.29, 1.82) is 0 Å². The Hall–Kier alpha value is -1.64. The summed E-state index contributed by atoms with van der Waals surface area (Å²) in [5.74, 6) is 0.416. The highest BCUT2D eigenvalue weighted by Crippen LogP contribution is 2.33. The fraction of sp³-hybridized carbons (Fsp3) is 0.467. The second-order valence-corrected chi connectivity index (χ2v) is 5.26. The van der Waals surface area contributed by atoms with Gasteiger partial charge in [-0.15, -0.1) is 0 Å². The van der Waals surface area contributed by atoms with Crippen LogP contribution in [0.5, 0.6) is 0 Å². The van der Waals surface area contributed by atoms with Gasteiger partial charge in [0, 0.05) is 30.5 Å². The van der Waals surface area contributed by atoms with Gasteiger partial charge in [-0.2, -0.15) is 0 Å². The van der Waals surface area contributed by atoms with E-state index in [1.807, 2.05) is 35.2 Å². The highest BCUT2D eigenvalue weighted by Gasteiger charge is 2.40. The molecular formula is C15H17NO2. The van der Waals surface area contributed by atoms with Crippen LogP contribution < -0.4 is 0 Å². The number of Topliss-reactive ketones (excluding diaryl/α,β-unsaturated/α-hetero) is 1. The van der Waals surface area contributed by atoms with Crippen molar-refractivity contribution in [3.05, 3.63) is 35.9 Å². The summed E-state index contributed by atoms with van der Waals surface area (Å²) in [5, 5.41) is 0. The molecule has 0 aromatic heterocycles. The van der Waals surface area contributed by atoms with Gasteiger partial charge in [0.2, 0.25) is 0 Å². The number of hydrogen-bond acceptors (Lipinski definition) is 2. The van der Waals surface area contributed by atoms with Crippen LogP contribution in [0.2, 0.25) is 0 Å². The third-order valence-electron chi connectivity index (χ3n) is 4.04. The number of carbonyl (C=O) groups excluding carboxylic acids is 2. The van der Waals surface area contributed by atoms with E-state index >= 15 is 0 Å². The lowest BCUT2D eigenvalue weighted by Crippen LogP contribution is -2.54. The monoisotopic (exact) mass is 243 g/mol. The van der Waals surface area contributed by atoms with Gasteiger partial charge in [-0.25, -0.2) is 0 Å². The summed E-state index contributed by atoms with van der Waals surface area (Å²) in [4.78, 5) is 26.2. The van der Waals surface area contributed by atoms with E-state index in [2.05, 4.69) is 0 Å². The van der Waals surface area contributed by atoms with Crippen LogP contribution in [0.3, 0.4) is 0 Å². The molecule has 2 heterocycles. The van der Waals surface area contributed by atoms with Gasteiger partial charge < -0.3 is 4.90 Å². The minimum absolute atomic E-state index is 0.0952. The Kier molecular flexibility index (Phi) is 2.90. The molecule has 2 saturated heterocycles. The Morgan fingerprint density at radius 1 is 1.06 bits per heavy atom. The summed E-state index contributed by atoms with van der Waals surface area (Å²) in [6, 6.07) is 9.67. The Morgan fingerprint density at radius 3 is 2.28 bits per heavy atom. The fourth-order valence-corrected chi connectivity index (χ4v) is 3.24. The predicted octanol–water partition coefficient (Wildman–Crippen LogP) is 2.41. The smallest absolute Gasteiger partial charge is 0.254 e. The molecule has 18 heavy (non-hydrogen) atoms. The summed E-state index contributed by atoms with van der Waals surface area (Å²) in [5.41, 5.74) is 0.740. The molecule has 2 aliphatic rings. The highest BCUT2D eigenvalue weighted by molar-refractivity contribution is 5.96. The van der Waals surface area contributed by atoms with Crippen LogP contribution in [-0.2, 0) is 4.79 Å². The summed E-state index contributed by atoms with van der Waals surface area (Å²) in [7, 11) is 0. The normalized spacial score (nSPS) is 27.1. The van der Waals surface area contributed by atoms with Crippen molar-refractivity contribution < 1.29 is 9.59 Å². The van der Waals surface area contributed by atoms with Crippen LogP contribution in [0, 0.1) is 0 Å². The molecule has 0 radical (unpaired) electrons. The van der Waals surface area contributed by atoms with Crippen molar-refractivity contribution in [1.82, 2.24) is 4.90 Å². The second kappa shape index (κ2) is 4.56. The molecule has 3 nitrogen and oxygen atoms in total. The van der Waals surface area contributed by atoms with Crippen LogP contribution in [-0.4, -0.2) is 28.7 Å². The van der Waals surface area contributed by atoms with Gasteiger partial charge in [0.15, 0.2) is 0 Å². The van der Waals surface area contributed by atoms with Gasteiger partial charge in [-0.05, 0) is 31.4 Å². The molecule has 0 unspecified atom stereocenters. The summed E-state index contributed by atoms with van der Waals surface area (Å²) < 4.78 is 0. The first-order valence-corrected chi connectivity index (χ1v) is 6.65. The molecular weight excluding hydrogens is 226 g/mol. The lowest BCUT2D eigenvalue weighted by atomic mass is 9.83. The minimum atomic E-state index is 0.0952. The quantitative estimate of drug-likeness (QED) is 0.759. The third-order valence-corrected chi connectivity index (χ3v) is 4.04. The molecule has 2 atom stereocenters. The first kappa shape index (κ1) is 11.5. The topological polar surface area (TPSA) is 37.4 Å². The number of nitrogens with zero attached hydrogens (tertiary/aromatic N) is 1. The van der Waals surface area contributed by atoms with Crippen LogP contribution in [0.15, 0.2) is 30.3 Å². The summed E-state index contributed by atoms with van der Waals surface area (Å²) in [6.45, 7) is 0. The van der Waals surface area contributed by atoms with Gasteiger partial charge in [0.25, 0.3) is 5.91 Å². The van der Waals surface area contributed by atoms with E-state index < -0.39 is 0 Å². The molecule has 3 heteroatoms. The minimum Gasteiger partial charge on any atom is -0.332 e. The third kappa shape index (κ3) is 1.94. The van der Waals surface area contributed by atoms with Gasteiger partial charge in [-0.1, -0.05) is 18.2 Å². The molecule has 3 rings (SSSR count). The van der Waals surface area contributed by atoms with Crippen molar-refractivity contribution in [2.45, 2.75) is 44.2 Å². The Balaban J connectivity index is 1.87. The van der Waals surface area contributed by atoms with E-state index in [0.717, 1.165) is 24.8 Å². The van der Waals surface area contributed by atoms with E-state index in [1.54, 1.807) is 0 Å². The van der Waals surface area contributed by atoms with E-state index in [1.165, 1.54) is 0 Å². The zero-order chi connectivity index (χ0) is 12.5. The van der Waals surface area contributed by atoms with Crippen molar-refractivity contribution in [2.75, 3.05) is 0 Å². The van der Waals surface area contributed by atoms with Gasteiger partial charge in [0.05, 0.1) is 0 Å². The first-order chi connectivity index (χ1) is 8.75. The van der Waals surface area contributed by atoms with E-state index in [-0.39, 0.29) is 18.0 Å². The maximum Gasteiger partial charge on any atom is 0.254 e. The maximum absolute atomic E-state index is 12.5. The molecule has 0 N–H and O–H groups in total.